The van der Waals surface area contributed by atoms with Crippen molar-refractivity contribution in [3.8, 4) is 0 Å². The summed E-state index contributed by atoms with van der Waals surface area (Å²) in [5.41, 5.74) is 4.01. The minimum absolute atomic E-state index is 0.180. The van der Waals surface area contributed by atoms with Gasteiger partial charge in [-0.05, 0) is 37.1 Å². The molecule has 0 amide bonds. The second-order valence-corrected chi connectivity index (χ2v) is 5.16. The molecule has 0 spiro atoms. The first-order valence-electron chi connectivity index (χ1n) is 5.40. The van der Waals surface area contributed by atoms with Gasteiger partial charge in [-0.3, -0.25) is 0 Å². The smallest absolute Gasteiger partial charge is 0.0417 e. The SMILES string of the molecule is CC(C)=CNc1ccccc1C(C)(C)C. The average Bonchev–Trinajstić information content (AvgIpc) is 2.13. The minimum Gasteiger partial charge on any atom is -0.362 e. The topological polar surface area (TPSA) is 12.0 Å². The van der Waals surface area contributed by atoms with Gasteiger partial charge < -0.3 is 5.32 Å². The standard InChI is InChI=1S/C14H21N/c1-11(2)10-15-13-9-7-6-8-12(13)14(3,4)5/h6-10,15H,1-5H3. The minimum atomic E-state index is 0.180. The van der Waals surface area contributed by atoms with Crippen molar-refractivity contribution in [3.63, 3.8) is 0 Å². The van der Waals surface area contributed by atoms with Crippen LogP contribution in [0.2, 0.25) is 0 Å². The summed E-state index contributed by atoms with van der Waals surface area (Å²) in [6, 6.07) is 8.46. The van der Waals surface area contributed by atoms with Gasteiger partial charge in [-0.25, -0.2) is 0 Å². The molecule has 1 nitrogen and oxygen atoms in total. The van der Waals surface area contributed by atoms with E-state index in [-0.39, 0.29) is 5.41 Å². The van der Waals surface area contributed by atoms with E-state index in [1.165, 1.54) is 16.8 Å². The highest BCUT2D eigenvalue weighted by Crippen LogP contribution is 2.29. The number of nitrogens with one attached hydrogen (secondary N) is 1. The van der Waals surface area contributed by atoms with Crippen molar-refractivity contribution in [1.29, 1.82) is 0 Å². The monoisotopic (exact) mass is 203 g/mol. The van der Waals surface area contributed by atoms with Crippen molar-refractivity contribution >= 4 is 5.69 Å². The highest BCUT2D eigenvalue weighted by Gasteiger charge is 2.16. The molecule has 0 aliphatic rings. The van der Waals surface area contributed by atoms with E-state index in [2.05, 4.69) is 64.2 Å². The number of hydrogen-bond acceptors (Lipinski definition) is 1. The summed E-state index contributed by atoms with van der Waals surface area (Å²) >= 11 is 0. The average molecular weight is 203 g/mol. The van der Waals surface area contributed by atoms with Crippen LogP contribution in [0, 0.1) is 0 Å². The van der Waals surface area contributed by atoms with Gasteiger partial charge in [0, 0.05) is 5.69 Å². The predicted molar refractivity (Wildman–Crippen MR) is 68.2 cm³/mol. The van der Waals surface area contributed by atoms with E-state index in [9.17, 15) is 0 Å². The van der Waals surface area contributed by atoms with Crippen molar-refractivity contribution < 1.29 is 0 Å². The van der Waals surface area contributed by atoms with Gasteiger partial charge in [0.1, 0.15) is 0 Å². The molecule has 0 fully saturated rings. The maximum atomic E-state index is 3.36. The van der Waals surface area contributed by atoms with Gasteiger partial charge in [-0.2, -0.15) is 0 Å². The highest BCUT2D eigenvalue weighted by atomic mass is 14.8. The highest BCUT2D eigenvalue weighted by molar-refractivity contribution is 5.55. The maximum Gasteiger partial charge on any atom is 0.0417 e. The molecule has 0 unspecified atom stereocenters. The van der Waals surface area contributed by atoms with Gasteiger partial charge in [0.05, 0.1) is 0 Å². The summed E-state index contributed by atoms with van der Waals surface area (Å²) < 4.78 is 0. The molecule has 0 heterocycles. The van der Waals surface area contributed by atoms with E-state index in [0.717, 1.165) is 0 Å². The molecular formula is C14H21N. The van der Waals surface area contributed by atoms with Crippen LogP contribution in [0.15, 0.2) is 36.0 Å². The van der Waals surface area contributed by atoms with Crippen molar-refractivity contribution in [3.05, 3.63) is 41.6 Å². The Labute approximate surface area is 93.2 Å². The largest absolute Gasteiger partial charge is 0.362 e. The fraction of sp³-hybridized carbons (Fsp3) is 0.429. The van der Waals surface area contributed by atoms with Gasteiger partial charge in [0.15, 0.2) is 0 Å². The molecule has 0 saturated heterocycles. The molecule has 82 valence electrons. The zero-order chi connectivity index (χ0) is 11.5. The molecule has 1 aromatic carbocycles. The zero-order valence-electron chi connectivity index (χ0n) is 10.4. The quantitative estimate of drug-likeness (QED) is 0.754. The lowest BCUT2D eigenvalue weighted by molar-refractivity contribution is 0.592. The van der Waals surface area contributed by atoms with E-state index in [4.69, 9.17) is 0 Å². The van der Waals surface area contributed by atoms with Crippen LogP contribution in [0.4, 0.5) is 5.69 Å². The lowest BCUT2D eigenvalue weighted by Gasteiger charge is -2.22. The van der Waals surface area contributed by atoms with Crippen molar-refractivity contribution in [2.75, 3.05) is 5.32 Å². The van der Waals surface area contributed by atoms with Crippen LogP contribution < -0.4 is 5.32 Å². The van der Waals surface area contributed by atoms with E-state index in [0.29, 0.717) is 0 Å². The van der Waals surface area contributed by atoms with Crippen LogP contribution in [-0.4, -0.2) is 0 Å². The number of hydrogen-bond donors (Lipinski definition) is 1. The van der Waals surface area contributed by atoms with Crippen LogP contribution in [0.3, 0.4) is 0 Å². The molecular weight excluding hydrogens is 182 g/mol. The second kappa shape index (κ2) is 4.52. The molecule has 1 aromatic rings. The van der Waals surface area contributed by atoms with Gasteiger partial charge in [0.2, 0.25) is 0 Å². The molecule has 15 heavy (non-hydrogen) atoms. The lowest BCUT2D eigenvalue weighted by Crippen LogP contribution is -2.13. The summed E-state index contributed by atoms with van der Waals surface area (Å²) in [5.74, 6) is 0. The fourth-order valence-corrected chi connectivity index (χ4v) is 1.49. The van der Waals surface area contributed by atoms with Crippen molar-refractivity contribution in [2.45, 2.75) is 40.0 Å². The molecule has 0 aliphatic heterocycles. The summed E-state index contributed by atoms with van der Waals surface area (Å²) in [4.78, 5) is 0. The fourth-order valence-electron chi connectivity index (χ4n) is 1.49. The first-order chi connectivity index (χ1) is 6.91. The second-order valence-electron chi connectivity index (χ2n) is 5.16. The molecule has 0 bridgehead atoms. The normalized spacial score (nSPS) is 11.0. The van der Waals surface area contributed by atoms with Gasteiger partial charge in [-0.1, -0.05) is 44.5 Å². The van der Waals surface area contributed by atoms with Crippen LogP contribution in [0.5, 0.6) is 0 Å². The summed E-state index contributed by atoms with van der Waals surface area (Å²) in [6.07, 6.45) is 2.05. The Bertz CT molecular complexity index is 352. The first kappa shape index (κ1) is 11.8. The van der Waals surface area contributed by atoms with Gasteiger partial charge in [0.25, 0.3) is 0 Å². The molecule has 0 saturated carbocycles. The molecule has 1 heteroatoms. The van der Waals surface area contributed by atoms with Crippen LogP contribution in [0.1, 0.15) is 40.2 Å². The number of benzene rings is 1. The van der Waals surface area contributed by atoms with Crippen LogP contribution in [0.25, 0.3) is 0 Å². The zero-order valence-corrected chi connectivity index (χ0v) is 10.4. The molecule has 0 aliphatic carbocycles. The number of para-hydroxylation sites is 1. The Morgan fingerprint density at radius 3 is 2.27 bits per heavy atom. The Kier molecular flexibility index (Phi) is 3.57. The number of allylic oxidation sites excluding steroid dienone is 1. The lowest BCUT2D eigenvalue weighted by atomic mass is 9.86. The van der Waals surface area contributed by atoms with Crippen LogP contribution in [-0.2, 0) is 5.41 Å². The van der Waals surface area contributed by atoms with Gasteiger partial charge >= 0.3 is 0 Å². The van der Waals surface area contributed by atoms with E-state index in [1.807, 2.05) is 6.20 Å². The summed E-state index contributed by atoms with van der Waals surface area (Å²) in [7, 11) is 0. The Balaban J connectivity index is 3.02. The Morgan fingerprint density at radius 2 is 1.73 bits per heavy atom. The third-order valence-electron chi connectivity index (χ3n) is 2.25. The van der Waals surface area contributed by atoms with E-state index in [1.54, 1.807) is 0 Å². The van der Waals surface area contributed by atoms with Crippen molar-refractivity contribution in [2.24, 2.45) is 0 Å². The summed E-state index contributed by atoms with van der Waals surface area (Å²) in [5, 5.41) is 3.36. The predicted octanol–water partition coefficient (Wildman–Crippen LogP) is 4.32. The van der Waals surface area contributed by atoms with E-state index < -0.39 is 0 Å². The number of rotatable bonds is 2. The molecule has 1 N–H and O–H groups in total. The van der Waals surface area contributed by atoms with Crippen molar-refractivity contribution in [1.82, 2.24) is 0 Å². The van der Waals surface area contributed by atoms with Crippen LogP contribution >= 0.6 is 0 Å². The van der Waals surface area contributed by atoms with Gasteiger partial charge in [-0.15, -0.1) is 0 Å². The third kappa shape index (κ3) is 3.43. The molecule has 1 rings (SSSR count). The van der Waals surface area contributed by atoms with E-state index >= 15 is 0 Å². The third-order valence-corrected chi connectivity index (χ3v) is 2.25. The number of anilines is 1. The Hall–Kier alpha value is -1.24. The maximum absolute atomic E-state index is 3.36. The molecule has 0 radical (unpaired) electrons. The first-order valence-corrected chi connectivity index (χ1v) is 5.40. The molecule has 0 atom stereocenters. The Morgan fingerprint density at radius 1 is 1.13 bits per heavy atom. The summed E-state index contributed by atoms with van der Waals surface area (Å²) in [6.45, 7) is 10.9. The molecule has 0 aromatic heterocycles.